The van der Waals surface area contributed by atoms with Gasteiger partial charge < -0.3 is 23.7 Å². The molecule has 0 saturated heterocycles. The number of methoxy groups -OCH3 is 1. The third kappa shape index (κ3) is 5.06. The second kappa shape index (κ2) is 9.60. The third-order valence-electron chi connectivity index (χ3n) is 5.36. The van der Waals surface area contributed by atoms with Gasteiger partial charge in [-0.1, -0.05) is 17.3 Å². The summed E-state index contributed by atoms with van der Waals surface area (Å²) in [5.74, 6) is 1.70. The maximum atomic E-state index is 12.3. The average molecular weight is 447 g/mol. The molecule has 0 radical (unpaired) electrons. The van der Waals surface area contributed by atoms with Crippen LogP contribution >= 0.6 is 0 Å². The van der Waals surface area contributed by atoms with Crippen molar-refractivity contribution in [1.29, 1.82) is 0 Å². The van der Waals surface area contributed by atoms with Crippen LogP contribution in [0.25, 0.3) is 11.7 Å². The highest BCUT2D eigenvalue weighted by atomic mass is 16.5. The summed E-state index contributed by atoms with van der Waals surface area (Å²) in [6.45, 7) is 6.42. The fourth-order valence-electron chi connectivity index (χ4n) is 3.46. The number of hydrogen-bond acceptors (Lipinski definition) is 6. The minimum atomic E-state index is -0.207. The van der Waals surface area contributed by atoms with Crippen LogP contribution in [0.5, 0.6) is 11.5 Å². The Hall–Kier alpha value is -4.07. The molecular weight excluding hydrogens is 420 g/mol. The number of rotatable bonds is 8. The number of benzene rings is 1. The minimum absolute atomic E-state index is 0.207. The van der Waals surface area contributed by atoms with E-state index < -0.39 is 0 Å². The number of pyridine rings is 1. The van der Waals surface area contributed by atoms with E-state index in [0.717, 1.165) is 39.6 Å². The molecule has 0 atom stereocenters. The van der Waals surface area contributed by atoms with Crippen LogP contribution in [0.15, 0.2) is 53.2 Å². The van der Waals surface area contributed by atoms with Crippen molar-refractivity contribution in [3.05, 3.63) is 82.6 Å². The second-order valence-corrected chi connectivity index (χ2v) is 7.68. The van der Waals surface area contributed by atoms with E-state index >= 15 is 0 Å². The van der Waals surface area contributed by atoms with E-state index in [1.165, 1.54) is 6.08 Å². The van der Waals surface area contributed by atoms with Gasteiger partial charge in [-0.25, -0.2) is 4.98 Å². The van der Waals surface area contributed by atoms with Crippen molar-refractivity contribution in [3.8, 4) is 11.5 Å². The highest BCUT2D eigenvalue weighted by Crippen LogP contribution is 2.30. The molecule has 0 fully saturated rings. The first-order valence-corrected chi connectivity index (χ1v) is 10.6. The molecule has 0 saturated carbocycles. The van der Waals surface area contributed by atoms with Crippen LogP contribution in [0.4, 0.5) is 0 Å². The molecule has 8 nitrogen and oxygen atoms in total. The van der Waals surface area contributed by atoms with Crippen LogP contribution in [0.3, 0.4) is 0 Å². The Kier molecular flexibility index (Phi) is 6.44. The standard InChI is InChI=1S/C25H26N4O4/c1-16-6-5-7-24-27-20(14-29(16)24)13-26-25(30)11-9-19-8-10-22(23(12-19)31-4)32-15-21-17(2)28-33-18(21)3/h5-12,14H,13,15H2,1-4H3,(H,26,30)/b11-9+. The molecule has 3 aromatic heterocycles. The van der Waals surface area contributed by atoms with Gasteiger partial charge in [0.2, 0.25) is 5.91 Å². The molecule has 0 spiro atoms. The van der Waals surface area contributed by atoms with Gasteiger partial charge in [-0.05, 0) is 56.7 Å². The Morgan fingerprint density at radius 1 is 1.18 bits per heavy atom. The number of ether oxygens (including phenoxy) is 2. The Labute approximate surface area is 191 Å². The zero-order valence-corrected chi connectivity index (χ0v) is 19.1. The lowest BCUT2D eigenvalue weighted by molar-refractivity contribution is -0.116. The Morgan fingerprint density at radius 3 is 2.76 bits per heavy atom. The minimum Gasteiger partial charge on any atom is -0.493 e. The highest BCUT2D eigenvalue weighted by Gasteiger charge is 2.12. The van der Waals surface area contributed by atoms with Crippen molar-refractivity contribution in [2.75, 3.05) is 7.11 Å². The van der Waals surface area contributed by atoms with Gasteiger partial charge in [0.15, 0.2) is 11.5 Å². The molecule has 1 aromatic carbocycles. The summed E-state index contributed by atoms with van der Waals surface area (Å²) in [6, 6.07) is 11.4. The van der Waals surface area contributed by atoms with Crippen molar-refractivity contribution < 1.29 is 18.8 Å². The second-order valence-electron chi connectivity index (χ2n) is 7.68. The lowest BCUT2D eigenvalue weighted by atomic mass is 10.2. The van der Waals surface area contributed by atoms with Gasteiger partial charge in [0.05, 0.1) is 30.6 Å². The lowest BCUT2D eigenvalue weighted by Gasteiger charge is -2.11. The summed E-state index contributed by atoms with van der Waals surface area (Å²) in [5, 5.41) is 6.80. The number of fused-ring (bicyclic) bond motifs is 1. The number of amides is 1. The van der Waals surface area contributed by atoms with Gasteiger partial charge in [0.1, 0.15) is 18.0 Å². The van der Waals surface area contributed by atoms with Gasteiger partial charge >= 0.3 is 0 Å². The molecule has 8 heteroatoms. The van der Waals surface area contributed by atoms with E-state index in [0.29, 0.717) is 24.7 Å². The largest absolute Gasteiger partial charge is 0.493 e. The first-order chi connectivity index (χ1) is 15.9. The molecule has 4 aromatic rings. The van der Waals surface area contributed by atoms with Gasteiger partial charge in [-0.15, -0.1) is 0 Å². The topological polar surface area (TPSA) is 90.9 Å². The smallest absolute Gasteiger partial charge is 0.244 e. The van der Waals surface area contributed by atoms with Crippen LogP contribution in [-0.2, 0) is 17.9 Å². The van der Waals surface area contributed by atoms with Crippen LogP contribution in [0, 0.1) is 20.8 Å². The number of hydrogen-bond donors (Lipinski definition) is 1. The molecule has 0 aliphatic carbocycles. The van der Waals surface area contributed by atoms with Crippen LogP contribution in [0.2, 0.25) is 0 Å². The summed E-state index contributed by atoms with van der Waals surface area (Å²) in [5.41, 5.74) is 5.28. The highest BCUT2D eigenvalue weighted by molar-refractivity contribution is 5.91. The summed E-state index contributed by atoms with van der Waals surface area (Å²) >= 11 is 0. The van der Waals surface area contributed by atoms with Crippen molar-refractivity contribution in [3.63, 3.8) is 0 Å². The van der Waals surface area contributed by atoms with E-state index in [1.807, 2.05) is 67.8 Å². The number of nitrogens with zero attached hydrogens (tertiary/aromatic N) is 3. The third-order valence-corrected chi connectivity index (χ3v) is 5.36. The van der Waals surface area contributed by atoms with Gasteiger partial charge in [0.25, 0.3) is 0 Å². The summed E-state index contributed by atoms with van der Waals surface area (Å²) < 4.78 is 18.5. The Morgan fingerprint density at radius 2 is 2.03 bits per heavy atom. The molecule has 1 N–H and O–H groups in total. The first kappa shape index (κ1) is 22.1. The normalized spacial score (nSPS) is 11.3. The number of aromatic nitrogens is 3. The number of nitrogens with one attached hydrogen (secondary N) is 1. The SMILES string of the molecule is COc1cc(/C=C/C(=O)NCc2cn3c(C)cccc3n2)ccc1OCc1c(C)noc1C. The molecule has 170 valence electrons. The monoisotopic (exact) mass is 446 g/mol. The molecule has 4 rings (SSSR count). The lowest BCUT2D eigenvalue weighted by Crippen LogP contribution is -2.20. The first-order valence-electron chi connectivity index (χ1n) is 10.6. The van der Waals surface area contributed by atoms with Gasteiger partial charge in [-0.2, -0.15) is 0 Å². The summed E-state index contributed by atoms with van der Waals surface area (Å²) in [7, 11) is 1.58. The average Bonchev–Trinajstić information content (AvgIpc) is 3.38. The molecule has 1 amide bonds. The molecule has 0 unspecified atom stereocenters. The molecule has 0 aliphatic heterocycles. The molecule has 3 heterocycles. The Bertz CT molecular complexity index is 1300. The summed E-state index contributed by atoms with van der Waals surface area (Å²) in [6.07, 6.45) is 5.14. The number of aryl methyl sites for hydroxylation is 3. The van der Waals surface area contributed by atoms with Gasteiger partial charge in [0, 0.05) is 18.0 Å². The van der Waals surface area contributed by atoms with Crippen molar-refractivity contribution >= 4 is 17.6 Å². The van der Waals surface area contributed by atoms with E-state index in [1.54, 1.807) is 13.2 Å². The zero-order valence-electron chi connectivity index (χ0n) is 19.1. The predicted octanol–water partition coefficient (Wildman–Crippen LogP) is 4.16. The van der Waals surface area contributed by atoms with E-state index in [9.17, 15) is 4.79 Å². The van der Waals surface area contributed by atoms with E-state index in [4.69, 9.17) is 14.0 Å². The molecule has 0 aliphatic rings. The van der Waals surface area contributed by atoms with E-state index in [2.05, 4.69) is 15.5 Å². The number of imidazole rings is 1. The number of carbonyl (C=O) groups excluding carboxylic acids is 1. The van der Waals surface area contributed by atoms with E-state index in [-0.39, 0.29) is 5.91 Å². The van der Waals surface area contributed by atoms with Gasteiger partial charge in [-0.3, -0.25) is 4.79 Å². The van der Waals surface area contributed by atoms with Crippen LogP contribution in [0.1, 0.15) is 34.0 Å². The fraction of sp³-hybridized carbons (Fsp3) is 0.240. The zero-order chi connectivity index (χ0) is 23.4. The number of carbonyl (C=O) groups is 1. The maximum absolute atomic E-state index is 12.3. The predicted molar refractivity (Wildman–Crippen MR) is 124 cm³/mol. The van der Waals surface area contributed by atoms with Crippen molar-refractivity contribution in [2.45, 2.75) is 33.9 Å². The maximum Gasteiger partial charge on any atom is 0.244 e. The summed E-state index contributed by atoms with van der Waals surface area (Å²) in [4.78, 5) is 16.8. The molecule has 33 heavy (non-hydrogen) atoms. The van der Waals surface area contributed by atoms with Crippen LogP contribution < -0.4 is 14.8 Å². The Balaban J connectivity index is 1.36. The van der Waals surface area contributed by atoms with Crippen LogP contribution in [-0.4, -0.2) is 27.6 Å². The van der Waals surface area contributed by atoms with Crippen molar-refractivity contribution in [2.24, 2.45) is 0 Å². The fourth-order valence-corrected chi connectivity index (χ4v) is 3.46. The molecule has 0 bridgehead atoms. The quantitative estimate of drug-likeness (QED) is 0.409. The van der Waals surface area contributed by atoms with Crippen molar-refractivity contribution in [1.82, 2.24) is 19.9 Å². The molecular formula is C25H26N4O4.